The third-order valence-corrected chi connectivity index (χ3v) is 2.55. The predicted octanol–water partition coefficient (Wildman–Crippen LogP) is 2.45. The van der Waals surface area contributed by atoms with Crippen LogP contribution in [0, 0.1) is 6.92 Å². The second-order valence-electron chi connectivity index (χ2n) is 3.68. The van der Waals surface area contributed by atoms with Crippen LogP contribution in [0.1, 0.15) is 24.5 Å². The van der Waals surface area contributed by atoms with E-state index in [9.17, 15) is 4.79 Å². The molecule has 0 aliphatic carbocycles. The molecule has 0 bridgehead atoms. The Morgan fingerprint density at radius 1 is 1.50 bits per heavy atom. The van der Waals surface area contributed by atoms with Gasteiger partial charge in [-0.15, -0.1) is 0 Å². The molecule has 0 saturated carbocycles. The van der Waals surface area contributed by atoms with Gasteiger partial charge in [0.15, 0.2) is 0 Å². The zero-order chi connectivity index (χ0) is 10.6. The fraction of sp³-hybridized carbons (Fsp3) is 0.417. The summed E-state index contributed by atoms with van der Waals surface area (Å²) >= 11 is 0. The van der Waals surface area contributed by atoms with Gasteiger partial charge in [0.1, 0.15) is 6.29 Å². The molecule has 0 amide bonds. The molecule has 0 aliphatic heterocycles. The Bertz CT molecular complexity index is 320. The van der Waals surface area contributed by atoms with Gasteiger partial charge in [-0.25, -0.2) is 0 Å². The molecule has 0 N–H and O–H groups in total. The number of hydrogen-bond donors (Lipinski definition) is 0. The molecule has 1 aromatic rings. The molecule has 0 radical (unpaired) electrons. The number of hydrogen-bond acceptors (Lipinski definition) is 2. The van der Waals surface area contributed by atoms with Crippen molar-refractivity contribution in [2.45, 2.75) is 25.9 Å². The summed E-state index contributed by atoms with van der Waals surface area (Å²) < 4.78 is 5.39. The van der Waals surface area contributed by atoms with Crippen molar-refractivity contribution in [2.75, 3.05) is 7.11 Å². The molecule has 1 atom stereocenters. The minimum Gasteiger partial charge on any atom is -0.373 e. The first-order valence-electron chi connectivity index (χ1n) is 4.68. The van der Waals surface area contributed by atoms with E-state index in [1.165, 1.54) is 5.56 Å². The number of methoxy groups -OCH3 is 1. The van der Waals surface area contributed by atoms with Crippen LogP contribution in [0.3, 0.4) is 0 Å². The SMILES string of the molecule is COC(C)(CC=O)c1cccc(C)c1. The first kappa shape index (κ1) is 10.9. The average molecular weight is 192 g/mol. The first-order valence-corrected chi connectivity index (χ1v) is 4.68. The third kappa shape index (κ3) is 2.20. The van der Waals surface area contributed by atoms with Crippen molar-refractivity contribution in [2.24, 2.45) is 0 Å². The fourth-order valence-corrected chi connectivity index (χ4v) is 1.45. The molecule has 2 heteroatoms. The van der Waals surface area contributed by atoms with Crippen molar-refractivity contribution in [3.05, 3.63) is 35.4 Å². The van der Waals surface area contributed by atoms with Gasteiger partial charge in [0.05, 0.1) is 5.60 Å². The molecule has 1 aromatic carbocycles. The van der Waals surface area contributed by atoms with Gasteiger partial charge in [-0.3, -0.25) is 0 Å². The lowest BCUT2D eigenvalue weighted by molar-refractivity contribution is -0.113. The Balaban J connectivity index is 3.05. The van der Waals surface area contributed by atoms with Gasteiger partial charge < -0.3 is 9.53 Å². The van der Waals surface area contributed by atoms with Crippen molar-refractivity contribution in [3.8, 4) is 0 Å². The normalized spacial score (nSPS) is 14.8. The van der Waals surface area contributed by atoms with Gasteiger partial charge in [0, 0.05) is 13.5 Å². The number of rotatable bonds is 4. The summed E-state index contributed by atoms with van der Waals surface area (Å²) in [6.07, 6.45) is 1.28. The molecular weight excluding hydrogens is 176 g/mol. The summed E-state index contributed by atoms with van der Waals surface area (Å²) in [6.45, 7) is 3.96. The van der Waals surface area contributed by atoms with Crippen LogP contribution >= 0.6 is 0 Å². The molecule has 14 heavy (non-hydrogen) atoms. The summed E-state index contributed by atoms with van der Waals surface area (Å²) in [6, 6.07) is 8.04. The molecular formula is C12H16O2. The topological polar surface area (TPSA) is 26.3 Å². The molecule has 0 saturated heterocycles. The smallest absolute Gasteiger partial charge is 0.123 e. The molecule has 0 fully saturated rings. The minimum absolute atomic E-state index is 0.382. The lowest BCUT2D eigenvalue weighted by atomic mass is 9.92. The second kappa shape index (κ2) is 4.38. The molecule has 1 rings (SSSR count). The summed E-state index contributed by atoms with van der Waals surface area (Å²) in [5, 5.41) is 0. The predicted molar refractivity (Wildman–Crippen MR) is 56.2 cm³/mol. The molecule has 1 unspecified atom stereocenters. The summed E-state index contributed by atoms with van der Waals surface area (Å²) in [4.78, 5) is 10.6. The Hall–Kier alpha value is -1.15. The van der Waals surface area contributed by atoms with Gasteiger partial charge in [-0.1, -0.05) is 29.8 Å². The van der Waals surface area contributed by atoms with E-state index in [4.69, 9.17) is 4.74 Å². The van der Waals surface area contributed by atoms with E-state index < -0.39 is 5.60 Å². The summed E-state index contributed by atoms with van der Waals surface area (Å²) in [5.74, 6) is 0. The minimum atomic E-state index is -0.492. The first-order chi connectivity index (χ1) is 6.62. The van der Waals surface area contributed by atoms with Gasteiger partial charge in [-0.05, 0) is 19.4 Å². The van der Waals surface area contributed by atoms with Gasteiger partial charge >= 0.3 is 0 Å². The van der Waals surface area contributed by atoms with E-state index >= 15 is 0 Å². The highest BCUT2D eigenvalue weighted by Crippen LogP contribution is 2.27. The van der Waals surface area contributed by atoms with Crippen LogP contribution in [0.2, 0.25) is 0 Å². The Morgan fingerprint density at radius 3 is 2.71 bits per heavy atom. The quantitative estimate of drug-likeness (QED) is 0.685. The number of benzene rings is 1. The molecule has 2 nitrogen and oxygen atoms in total. The maximum absolute atomic E-state index is 10.6. The van der Waals surface area contributed by atoms with Crippen molar-refractivity contribution in [1.82, 2.24) is 0 Å². The van der Waals surface area contributed by atoms with Crippen molar-refractivity contribution in [1.29, 1.82) is 0 Å². The highest BCUT2D eigenvalue weighted by Gasteiger charge is 2.25. The number of aldehydes is 1. The van der Waals surface area contributed by atoms with Gasteiger partial charge in [0.2, 0.25) is 0 Å². The van der Waals surface area contributed by atoms with Crippen LogP contribution in [-0.2, 0) is 15.1 Å². The van der Waals surface area contributed by atoms with E-state index in [1.54, 1.807) is 7.11 Å². The van der Waals surface area contributed by atoms with E-state index in [0.29, 0.717) is 6.42 Å². The van der Waals surface area contributed by atoms with Crippen LogP contribution in [0.15, 0.2) is 24.3 Å². The zero-order valence-corrected chi connectivity index (χ0v) is 8.91. The lowest BCUT2D eigenvalue weighted by Gasteiger charge is -2.26. The number of aryl methyl sites for hydroxylation is 1. The van der Waals surface area contributed by atoms with E-state index in [0.717, 1.165) is 11.8 Å². The van der Waals surface area contributed by atoms with Gasteiger partial charge in [-0.2, -0.15) is 0 Å². The van der Waals surface area contributed by atoms with E-state index in [-0.39, 0.29) is 0 Å². The van der Waals surface area contributed by atoms with Crippen LogP contribution < -0.4 is 0 Å². The summed E-state index contributed by atoms with van der Waals surface area (Å²) in [7, 11) is 1.63. The van der Waals surface area contributed by atoms with Crippen molar-refractivity contribution >= 4 is 6.29 Å². The largest absolute Gasteiger partial charge is 0.373 e. The Labute approximate surface area is 84.9 Å². The highest BCUT2D eigenvalue weighted by atomic mass is 16.5. The number of carbonyl (C=O) groups excluding carboxylic acids is 1. The molecule has 0 heterocycles. The Morgan fingerprint density at radius 2 is 2.21 bits per heavy atom. The third-order valence-electron chi connectivity index (χ3n) is 2.55. The highest BCUT2D eigenvalue weighted by molar-refractivity contribution is 5.52. The molecule has 0 aliphatic rings. The maximum Gasteiger partial charge on any atom is 0.123 e. The zero-order valence-electron chi connectivity index (χ0n) is 8.91. The van der Waals surface area contributed by atoms with Crippen LogP contribution in [0.4, 0.5) is 0 Å². The van der Waals surface area contributed by atoms with Crippen molar-refractivity contribution < 1.29 is 9.53 Å². The average Bonchev–Trinajstić information content (AvgIpc) is 2.18. The number of carbonyl (C=O) groups is 1. The van der Waals surface area contributed by atoms with E-state index in [1.807, 2.05) is 38.1 Å². The van der Waals surface area contributed by atoms with Crippen LogP contribution in [0.5, 0.6) is 0 Å². The van der Waals surface area contributed by atoms with Crippen molar-refractivity contribution in [3.63, 3.8) is 0 Å². The second-order valence-corrected chi connectivity index (χ2v) is 3.68. The maximum atomic E-state index is 10.6. The lowest BCUT2D eigenvalue weighted by Crippen LogP contribution is -2.24. The van der Waals surface area contributed by atoms with Crippen LogP contribution in [-0.4, -0.2) is 13.4 Å². The summed E-state index contributed by atoms with van der Waals surface area (Å²) in [5.41, 5.74) is 1.73. The molecule has 0 aromatic heterocycles. The monoisotopic (exact) mass is 192 g/mol. The Kier molecular flexibility index (Phi) is 3.42. The molecule has 0 spiro atoms. The molecule has 76 valence electrons. The fourth-order valence-electron chi connectivity index (χ4n) is 1.45. The number of ether oxygens (including phenoxy) is 1. The van der Waals surface area contributed by atoms with E-state index in [2.05, 4.69) is 0 Å². The van der Waals surface area contributed by atoms with Gasteiger partial charge in [0.25, 0.3) is 0 Å². The standard InChI is InChI=1S/C12H16O2/c1-10-5-4-6-11(9-10)12(2,14-3)7-8-13/h4-6,8-9H,7H2,1-3H3. The van der Waals surface area contributed by atoms with Crippen LogP contribution in [0.25, 0.3) is 0 Å².